The summed E-state index contributed by atoms with van der Waals surface area (Å²) in [7, 11) is 0. The van der Waals surface area contributed by atoms with Gasteiger partial charge in [-0.15, -0.1) is 12.4 Å². The molecule has 2 saturated heterocycles. The summed E-state index contributed by atoms with van der Waals surface area (Å²) >= 11 is 0. The van der Waals surface area contributed by atoms with E-state index >= 15 is 0 Å². The van der Waals surface area contributed by atoms with Crippen molar-refractivity contribution in [3.63, 3.8) is 0 Å². The molecule has 5 heteroatoms. The molecule has 0 N–H and O–H groups in total. The van der Waals surface area contributed by atoms with E-state index in [0.717, 1.165) is 45.3 Å². The summed E-state index contributed by atoms with van der Waals surface area (Å²) in [6.07, 6.45) is 9.44. The zero-order chi connectivity index (χ0) is 20.6. The van der Waals surface area contributed by atoms with Crippen molar-refractivity contribution in [3.8, 4) is 0 Å². The van der Waals surface area contributed by atoms with Crippen LogP contribution in [0.25, 0.3) is 5.57 Å². The Labute approximate surface area is 195 Å². The molecule has 1 aromatic rings. The van der Waals surface area contributed by atoms with Crippen molar-refractivity contribution < 1.29 is 4.74 Å². The van der Waals surface area contributed by atoms with Gasteiger partial charge in [-0.25, -0.2) is 0 Å². The molecular formula is C26H40ClN3O. The van der Waals surface area contributed by atoms with Gasteiger partial charge in [0.25, 0.3) is 0 Å². The Morgan fingerprint density at radius 3 is 2.29 bits per heavy atom. The summed E-state index contributed by atoms with van der Waals surface area (Å²) in [5.74, 6) is 0.752. The number of allylic oxidation sites excluding steroid dienone is 2. The highest BCUT2D eigenvalue weighted by molar-refractivity contribution is 5.85. The molecule has 4 nitrogen and oxygen atoms in total. The molecule has 172 valence electrons. The van der Waals surface area contributed by atoms with Crippen LogP contribution in [0.5, 0.6) is 0 Å². The van der Waals surface area contributed by atoms with Crippen molar-refractivity contribution >= 4 is 29.4 Å². The van der Waals surface area contributed by atoms with E-state index in [1.165, 1.54) is 68.7 Å². The van der Waals surface area contributed by atoms with Crippen LogP contribution in [0.15, 0.2) is 24.3 Å². The van der Waals surface area contributed by atoms with Crippen molar-refractivity contribution in [2.45, 2.75) is 46.0 Å². The fourth-order valence-electron chi connectivity index (χ4n) is 5.58. The number of hydrogen-bond acceptors (Lipinski definition) is 4. The number of hydrogen-bond donors (Lipinski definition) is 0. The quantitative estimate of drug-likeness (QED) is 0.629. The fraction of sp³-hybridized carbons (Fsp3) is 0.692. The standard InChI is InChI=1S/C26H39N3O.ClH/c1-21(2)20-27-11-13-29(14-12-27)25-4-3-23(28-15-17-30-18-16-28)19-24(25)22-5-7-26(8-6-22)9-10-26;/h3-5,19,21H,6-18,20H2,1-2H3;1H. The van der Waals surface area contributed by atoms with Gasteiger partial charge in [-0.2, -0.15) is 0 Å². The van der Waals surface area contributed by atoms with Crippen LogP contribution < -0.4 is 9.80 Å². The van der Waals surface area contributed by atoms with Gasteiger partial charge in [0.1, 0.15) is 0 Å². The lowest BCUT2D eigenvalue weighted by Gasteiger charge is -2.38. The van der Waals surface area contributed by atoms with Crippen LogP contribution >= 0.6 is 12.4 Å². The molecule has 3 fully saturated rings. The summed E-state index contributed by atoms with van der Waals surface area (Å²) < 4.78 is 5.59. The SMILES string of the molecule is CC(C)CN1CCN(c2ccc(N3CCOCC3)cc2C2=CCC3(CC2)CC3)CC1.Cl. The number of piperazine rings is 1. The molecule has 2 heterocycles. The first-order valence-corrected chi connectivity index (χ1v) is 12.3. The van der Waals surface area contributed by atoms with Crippen LogP contribution in [0.1, 0.15) is 51.5 Å². The van der Waals surface area contributed by atoms with E-state index in [2.05, 4.69) is 52.8 Å². The molecule has 0 amide bonds. The van der Waals surface area contributed by atoms with Crippen LogP contribution in [-0.4, -0.2) is 63.9 Å². The lowest BCUT2D eigenvalue weighted by Crippen LogP contribution is -2.47. The molecule has 4 aliphatic rings. The van der Waals surface area contributed by atoms with E-state index in [1.54, 1.807) is 5.57 Å². The first kappa shape index (κ1) is 22.9. The smallest absolute Gasteiger partial charge is 0.0642 e. The predicted octanol–water partition coefficient (Wildman–Crippen LogP) is 5.07. The molecule has 0 unspecified atom stereocenters. The van der Waals surface area contributed by atoms with Gasteiger partial charge in [0.15, 0.2) is 0 Å². The highest BCUT2D eigenvalue weighted by Crippen LogP contribution is 2.57. The lowest BCUT2D eigenvalue weighted by atomic mass is 9.83. The Morgan fingerprint density at radius 1 is 0.935 bits per heavy atom. The van der Waals surface area contributed by atoms with Gasteiger partial charge >= 0.3 is 0 Å². The molecule has 0 radical (unpaired) electrons. The number of anilines is 2. The van der Waals surface area contributed by atoms with E-state index in [-0.39, 0.29) is 12.4 Å². The highest BCUT2D eigenvalue weighted by atomic mass is 35.5. The average Bonchev–Trinajstić information content (AvgIpc) is 3.53. The second-order valence-electron chi connectivity index (χ2n) is 10.4. The summed E-state index contributed by atoms with van der Waals surface area (Å²) in [5, 5.41) is 0. The van der Waals surface area contributed by atoms with Crippen molar-refractivity contribution in [1.29, 1.82) is 0 Å². The number of nitrogens with zero attached hydrogens (tertiary/aromatic N) is 3. The van der Waals surface area contributed by atoms with Gasteiger partial charge in [0.2, 0.25) is 0 Å². The molecule has 0 aromatic heterocycles. The molecule has 0 bridgehead atoms. The molecule has 1 spiro atoms. The predicted molar refractivity (Wildman–Crippen MR) is 134 cm³/mol. The minimum Gasteiger partial charge on any atom is -0.378 e. The monoisotopic (exact) mass is 445 g/mol. The lowest BCUT2D eigenvalue weighted by molar-refractivity contribution is 0.122. The second kappa shape index (κ2) is 9.72. The normalized spacial score (nSPS) is 23.6. The third-order valence-corrected chi connectivity index (χ3v) is 7.70. The van der Waals surface area contributed by atoms with Gasteiger partial charge < -0.3 is 14.5 Å². The maximum absolute atomic E-state index is 5.59. The fourth-order valence-corrected chi connectivity index (χ4v) is 5.58. The minimum atomic E-state index is 0. The highest BCUT2D eigenvalue weighted by Gasteiger charge is 2.43. The van der Waals surface area contributed by atoms with E-state index in [1.807, 2.05) is 0 Å². The van der Waals surface area contributed by atoms with Gasteiger partial charge in [-0.05, 0) is 67.2 Å². The molecule has 2 aliphatic carbocycles. The van der Waals surface area contributed by atoms with Crippen molar-refractivity contribution in [3.05, 3.63) is 29.8 Å². The molecular weight excluding hydrogens is 406 g/mol. The van der Waals surface area contributed by atoms with Gasteiger partial charge in [0, 0.05) is 62.8 Å². The first-order valence-electron chi connectivity index (χ1n) is 12.3. The summed E-state index contributed by atoms with van der Waals surface area (Å²) in [6.45, 7) is 14.3. The van der Waals surface area contributed by atoms with Gasteiger partial charge in [-0.3, -0.25) is 4.90 Å². The van der Waals surface area contributed by atoms with Crippen LogP contribution in [0.4, 0.5) is 11.4 Å². The average molecular weight is 446 g/mol. The Balaban J connectivity index is 0.00000231. The molecule has 1 saturated carbocycles. The zero-order valence-electron chi connectivity index (χ0n) is 19.4. The zero-order valence-corrected chi connectivity index (χ0v) is 20.3. The topological polar surface area (TPSA) is 19.0 Å². The van der Waals surface area contributed by atoms with E-state index in [9.17, 15) is 0 Å². The van der Waals surface area contributed by atoms with E-state index in [0.29, 0.717) is 5.41 Å². The van der Waals surface area contributed by atoms with Crippen molar-refractivity contribution in [2.75, 3.05) is 68.8 Å². The van der Waals surface area contributed by atoms with Crippen LogP contribution in [-0.2, 0) is 4.74 Å². The maximum Gasteiger partial charge on any atom is 0.0642 e. The third-order valence-electron chi connectivity index (χ3n) is 7.70. The number of ether oxygens (including phenoxy) is 1. The van der Waals surface area contributed by atoms with Crippen molar-refractivity contribution in [1.82, 2.24) is 4.90 Å². The number of rotatable bonds is 5. The number of benzene rings is 1. The molecule has 0 atom stereocenters. The van der Waals surface area contributed by atoms with Crippen molar-refractivity contribution in [2.24, 2.45) is 11.3 Å². The van der Waals surface area contributed by atoms with E-state index in [4.69, 9.17) is 4.74 Å². The maximum atomic E-state index is 5.59. The summed E-state index contributed by atoms with van der Waals surface area (Å²) in [6, 6.07) is 7.27. The van der Waals surface area contributed by atoms with Crippen LogP contribution in [0, 0.1) is 11.3 Å². The summed E-state index contributed by atoms with van der Waals surface area (Å²) in [4.78, 5) is 7.79. The molecule has 5 rings (SSSR count). The summed E-state index contributed by atoms with van der Waals surface area (Å²) in [5.41, 5.74) is 6.64. The molecule has 2 aliphatic heterocycles. The van der Waals surface area contributed by atoms with E-state index < -0.39 is 0 Å². The largest absolute Gasteiger partial charge is 0.378 e. The Morgan fingerprint density at radius 2 is 1.68 bits per heavy atom. The molecule has 31 heavy (non-hydrogen) atoms. The van der Waals surface area contributed by atoms with Crippen LogP contribution in [0.3, 0.4) is 0 Å². The second-order valence-corrected chi connectivity index (χ2v) is 10.4. The number of halogens is 1. The Hall–Kier alpha value is -1.23. The third kappa shape index (κ3) is 5.23. The Kier molecular flexibility index (Phi) is 7.20. The number of morpholine rings is 1. The minimum absolute atomic E-state index is 0. The molecule has 1 aromatic carbocycles. The first-order chi connectivity index (χ1) is 14.6. The van der Waals surface area contributed by atoms with Crippen LogP contribution in [0.2, 0.25) is 0 Å². The Bertz CT molecular complexity index is 775. The van der Waals surface area contributed by atoms with Gasteiger partial charge in [-0.1, -0.05) is 19.9 Å². The van der Waals surface area contributed by atoms with Gasteiger partial charge in [0.05, 0.1) is 13.2 Å².